The fourth-order valence-corrected chi connectivity index (χ4v) is 7.95. The third-order valence-electron chi connectivity index (χ3n) is 9.19. The standard InChI is InChI=1S/C26H33ClO7/c1-5-22(32)34-25(21(31)14-33-15(2)28)11-9-18-19-7-6-16-12-17(29)8-10-23(16,3)26(19,27)20(30)13-24(18,25)4/h8,10,12,18-20,30H,5-7,9,11,13-14H2,1-4H3/t18-,19-,20-,23-,24-,25-,26-/m0/s1. The lowest BCUT2D eigenvalue weighted by atomic mass is 9.45. The summed E-state index contributed by atoms with van der Waals surface area (Å²) >= 11 is 7.41. The van der Waals surface area contributed by atoms with Crippen molar-refractivity contribution in [1.82, 2.24) is 0 Å². The largest absolute Gasteiger partial charge is 0.458 e. The molecule has 0 radical (unpaired) electrons. The van der Waals surface area contributed by atoms with Crippen molar-refractivity contribution < 1.29 is 33.8 Å². The number of allylic oxidation sites excluding steroid dienone is 4. The fraction of sp³-hybridized carbons (Fsp3) is 0.692. The zero-order chi connectivity index (χ0) is 25.1. The average molecular weight is 493 g/mol. The van der Waals surface area contributed by atoms with Gasteiger partial charge in [0, 0.05) is 24.2 Å². The molecule has 0 aromatic rings. The number of halogens is 1. The van der Waals surface area contributed by atoms with Gasteiger partial charge in [0.2, 0.25) is 5.78 Å². The maximum absolute atomic E-state index is 13.5. The third kappa shape index (κ3) is 3.26. The van der Waals surface area contributed by atoms with E-state index in [0.29, 0.717) is 19.3 Å². The molecule has 4 aliphatic carbocycles. The SMILES string of the molecule is CCC(=O)O[C@]1(C(=O)COC(C)=O)CC[C@H]2[C@@H]3CCC4=CC(=O)C=C[C@]4(C)[C@@]3(Cl)[C@@H](O)C[C@@]21C. The summed E-state index contributed by atoms with van der Waals surface area (Å²) in [6.45, 7) is 6.26. The molecule has 4 aliphatic rings. The van der Waals surface area contributed by atoms with Crippen LogP contribution in [0.15, 0.2) is 23.8 Å². The van der Waals surface area contributed by atoms with Crippen LogP contribution in [0.2, 0.25) is 0 Å². The molecule has 34 heavy (non-hydrogen) atoms. The maximum Gasteiger partial charge on any atom is 0.306 e. The van der Waals surface area contributed by atoms with Gasteiger partial charge in [-0.3, -0.25) is 19.2 Å². The van der Waals surface area contributed by atoms with Gasteiger partial charge in [0.15, 0.2) is 18.0 Å². The summed E-state index contributed by atoms with van der Waals surface area (Å²) in [6.07, 6.45) is 6.37. The molecule has 8 heteroatoms. The normalized spacial score (nSPS) is 42.7. The summed E-state index contributed by atoms with van der Waals surface area (Å²) in [5.74, 6) is -1.93. The zero-order valence-electron chi connectivity index (χ0n) is 20.2. The van der Waals surface area contributed by atoms with Gasteiger partial charge in [0.25, 0.3) is 0 Å². The third-order valence-corrected chi connectivity index (χ3v) is 10.1. The Labute approximate surface area is 204 Å². The topological polar surface area (TPSA) is 107 Å². The lowest BCUT2D eigenvalue weighted by Gasteiger charge is -2.64. The number of Topliss-reactive ketones (excluding diaryl/α,β-unsaturated/α-hetero) is 1. The first kappa shape index (κ1) is 25.1. The quantitative estimate of drug-likeness (QED) is 0.462. The molecule has 186 valence electrons. The van der Waals surface area contributed by atoms with Crippen LogP contribution in [0.25, 0.3) is 0 Å². The van der Waals surface area contributed by atoms with Crippen LogP contribution in [-0.2, 0) is 28.7 Å². The average Bonchev–Trinajstić information content (AvgIpc) is 3.06. The molecule has 0 aromatic heterocycles. The van der Waals surface area contributed by atoms with Gasteiger partial charge in [-0.2, -0.15) is 0 Å². The van der Waals surface area contributed by atoms with E-state index in [9.17, 15) is 24.3 Å². The lowest BCUT2D eigenvalue weighted by molar-refractivity contribution is -0.198. The van der Waals surface area contributed by atoms with Crippen LogP contribution < -0.4 is 0 Å². The van der Waals surface area contributed by atoms with E-state index in [0.717, 1.165) is 5.57 Å². The number of ether oxygens (including phenoxy) is 2. The van der Waals surface area contributed by atoms with Crippen LogP contribution in [-0.4, -0.2) is 51.8 Å². The van der Waals surface area contributed by atoms with Crippen LogP contribution >= 0.6 is 11.6 Å². The minimum atomic E-state index is -1.51. The van der Waals surface area contributed by atoms with E-state index in [1.54, 1.807) is 13.0 Å². The lowest BCUT2D eigenvalue weighted by Crippen LogP contribution is -2.69. The summed E-state index contributed by atoms with van der Waals surface area (Å²) in [5.41, 5.74) is -2.18. The molecule has 0 unspecified atom stereocenters. The summed E-state index contributed by atoms with van der Waals surface area (Å²) in [6, 6.07) is 0. The highest BCUT2D eigenvalue weighted by atomic mass is 35.5. The summed E-state index contributed by atoms with van der Waals surface area (Å²) < 4.78 is 10.9. The predicted octanol–water partition coefficient (Wildman–Crippen LogP) is 3.45. The minimum Gasteiger partial charge on any atom is -0.458 e. The second-order valence-electron chi connectivity index (χ2n) is 10.7. The Balaban J connectivity index is 1.78. The van der Waals surface area contributed by atoms with E-state index >= 15 is 0 Å². The Kier molecular flexibility index (Phi) is 6.13. The molecule has 0 aliphatic heterocycles. The smallest absolute Gasteiger partial charge is 0.306 e. The maximum atomic E-state index is 13.5. The number of carbonyl (C=O) groups is 4. The first-order valence-corrected chi connectivity index (χ1v) is 12.4. The molecule has 0 aromatic carbocycles. The minimum absolute atomic E-state index is 0.0799. The van der Waals surface area contributed by atoms with Gasteiger partial charge < -0.3 is 14.6 Å². The van der Waals surface area contributed by atoms with Crippen molar-refractivity contribution in [3.05, 3.63) is 23.8 Å². The van der Waals surface area contributed by atoms with E-state index in [-0.39, 0.29) is 36.9 Å². The summed E-state index contributed by atoms with van der Waals surface area (Å²) in [5, 5.41) is 11.7. The van der Waals surface area contributed by atoms with Crippen molar-refractivity contribution in [3.63, 3.8) is 0 Å². The highest BCUT2D eigenvalue weighted by molar-refractivity contribution is 6.26. The summed E-state index contributed by atoms with van der Waals surface area (Å²) in [4.78, 5) is 48.4. The van der Waals surface area contributed by atoms with Gasteiger partial charge in [-0.25, -0.2) is 0 Å². The molecule has 0 spiro atoms. The highest BCUT2D eigenvalue weighted by Gasteiger charge is 2.74. The number of hydrogen-bond donors (Lipinski definition) is 1. The number of alkyl halides is 1. The molecular weight excluding hydrogens is 460 g/mol. The van der Waals surface area contributed by atoms with E-state index in [2.05, 4.69) is 0 Å². The highest BCUT2D eigenvalue weighted by Crippen LogP contribution is 2.71. The second kappa shape index (κ2) is 8.30. The Morgan fingerprint density at radius 2 is 1.91 bits per heavy atom. The van der Waals surface area contributed by atoms with E-state index in [4.69, 9.17) is 21.1 Å². The number of rotatable bonds is 5. The summed E-state index contributed by atoms with van der Waals surface area (Å²) in [7, 11) is 0. The van der Waals surface area contributed by atoms with Crippen molar-refractivity contribution in [2.45, 2.75) is 82.8 Å². The molecule has 3 fully saturated rings. The number of aliphatic hydroxyl groups excluding tert-OH is 1. The molecule has 1 N–H and O–H groups in total. The zero-order valence-corrected chi connectivity index (χ0v) is 20.9. The molecule has 3 saturated carbocycles. The molecule has 0 amide bonds. The number of esters is 2. The molecule has 7 atom stereocenters. The predicted molar refractivity (Wildman–Crippen MR) is 124 cm³/mol. The molecule has 0 heterocycles. The Morgan fingerprint density at radius 3 is 2.56 bits per heavy atom. The first-order valence-electron chi connectivity index (χ1n) is 12.1. The van der Waals surface area contributed by atoms with Gasteiger partial charge in [0.05, 0.1) is 11.0 Å². The van der Waals surface area contributed by atoms with Gasteiger partial charge in [-0.15, -0.1) is 11.6 Å². The van der Waals surface area contributed by atoms with Crippen LogP contribution in [0.3, 0.4) is 0 Å². The monoisotopic (exact) mass is 492 g/mol. The van der Waals surface area contributed by atoms with Crippen molar-refractivity contribution in [3.8, 4) is 0 Å². The number of ketones is 2. The molecular formula is C26H33ClO7. The Hall–Kier alpha value is -1.99. The van der Waals surface area contributed by atoms with Crippen LogP contribution in [0, 0.1) is 22.7 Å². The van der Waals surface area contributed by atoms with Crippen LogP contribution in [0.5, 0.6) is 0 Å². The van der Waals surface area contributed by atoms with Gasteiger partial charge >= 0.3 is 11.9 Å². The number of carbonyl (C=O) groups excluding carboxylic acids is 4. The Bertz CT molecular complexity index is 1000. The van der Waals surface area contributed by atoms with Gasteiger partial charge in [0.1, 0.15) is 0 Å². The van der Waals surface area contributed by atoms with Crippen molar-refractivity contribution >= 4 is 35.1 Å². The van der Waals surface area contributed by atoms with Crippen molar-refractivity contribution in [2.75, 3.05) is 6.61 Å². The number of fused-ring (bicyclic) bond motifs is 5. The van der Waals surface area contributed by atoms with E-state index in [1.165, 1.54) is 13.0 Å². The van der Waals surface area contributed by atoms with E-state index < -0.39 is 51.7 Å². The van der Waals surface area contributed by atoms with Gasteiger partial charge in [-0.05, 0) is 56.1 Å². The second-order valence-corrected chi connectivity index (χ2v) is 11.3. The Morgan fingerprint density at radius 1 is 1.21 bits per heavy atom. The van der Waals surface area contributed by atoms with Crippen molar-refractivity contribution in [1.29, 1.82) is 0 Å². The van der Waals surface area contributed by atoms with Gasteiger partial charge in [-0.1, -0.05) is 32.4 Å². The molecule has 0 saturated heterocycles. The van der Waals surface area contributed by atoms with Crippen molar-refractivity contribution in [2.24, 2.45) is 22.7 Å². The van der Waals surface area contributed by atoms with Crippen LogP contribution in [0.1, 0.15) is 66.2 Å². The molecule has 4 rings (SSSR count). The number of hydrogen-bond acceptors (Lipinski definition) is 7. The first-order chi connectivity index (χ1) is 15.9. The number of aliphatic hydroxyl groups is 1. The van der Waals surface area contributed by atoms with Crippen LogP contribution in [0.4, 0.5) is 0 Å². The molecule has 7 nitrogen and oxygen atoms in total. The fourth-order valence-electron chi connectivity index (χ4n) is 7.43. The molecule has 0 bridgehead atoms. The van der Waals surface area contributed by atoms with E-state index in [1.807, 2.05) is 19.9 Å².